The van der Waals surface area contributed by atoms with Gasteiger partial charge in [0.2, 0.25) is 0 Å². The highest BCUT2D eigenvalue weighted by Crippen LogP contribution is 2.13. The molecule has 0 aliphatic carbocycles. The highest BCUT2D eigenvalue weighted by atomic mass is 19.1. The molecule has 1 aromatic carbocycles. The quantitative estimate of drug-likeness (QED) is 0.683. The summed E-state index contributed by atoms with van der Waals surface area (Å²) >= 11 is 0. The third-order valence-electron chi connectivity index (χ3n) is 1.42. The van der Waals surface area contributed by atoms with Crippen molar-refractivity contribution in [2.24, 2.45) is 0 Å². The van der Waals surface area contributed by atoms with Crippen LogP contribution in [0.4, 0.5) is 4.39 Å². The Hall–Kier alpha value is -1.64. The zero-order valence-electron chi connectivity index (χ0n) is 6.20. The molecule has 0 fully saturated rings. The molecule has 0 aliphatic rings. The van der Waals surface area contributed by atoms with Gasteiger partial charge in [0.15, 0.2) is 0 Å². The first-order chi connectivity index (χ1) is 5.75. The van der Waals surface area contributed by atoms with E-state index in [0.29, 0.717) is 5.56 Å². The monoisotopic (exact) mass is 166 g/mol. The van der Waals surface area contributed by atoms with Crippen molar-refractivity contribution in [1.82, 2.24) is 0 Å². The third kappa shape index (κ3) is 1.69. The van der Waals surface area contributed by atoms with Gasteiger partial charge in [-0.1, -0.05) is 30.3 Å². The number of hydrogen-bond donors (Lipinski definition) is 1. The summed E-state index contributed by atoms with van der Waals surface area (Å²) in [7, 11) is 0. The normalized spacial score (nSPS) is 11.2. The van der Waals surface area contributed by atoms with Gasteiger partial charge in [0.05, 0.1) is 5.57 Å². The van der Waals surface area contributed by atoms with E-state index in [9.17, 15) is 9.18 Å². The Morgan fingerprint density at radius 3 is 2.33 bits per heavy atom. The van der Waals surface area contributed by atoms with E-state index in [1.54, 1.807) is 30.3 Å². The van der Waals surface area contributed by atoms with E-state index >= 15 is 0 Å². The second-order valence-corrected chi connectivity index (χ2v) is 2.19. The first-order valence-electron chi connectivity index (χ1n) is 3.35. The molecule has 0 heterocycles. The van der Waals surface area contributed by atoms with Crippen molar-refractivity contribution >= 4 is 11.5 Å². The SMILES string of the molecule is O=C(O)C(=CF)c1ccccc1. The zero-order chi connectivity index (χ0) is 8.97. The summed E-state index contributed by atoms with van der Waals surface area (Å²) in [5.74, 6) is -1.26. The predicted octanol–water partition coefficient (Wildman–Crippen LogP) is 2.08. The molecular weight excluding hydrogens is 159 g/mol. The van der Waals surface area contributed by atoms with Gasteiger partial charge in [-0.2, -0.15) is 0 Å². The molecule has 2 nitrogen and oxygen atoms in total. The Balaban J connectivity index is 3.05. The molecule has 0 saturated heterocycles. The van der Waals surface area contributed by atoms with Crippen LogP contribution >= 0.6 is 0 Å². The van der Waals surface area contributed by atoms with Gasteiger partial charge in [0.1, 0.15) is 6.33 Å². The molecule has 1 rings (SSSR count). The van der Waals surface area contributed by atoms with Crippen molar-refractivity contribution in [2.45, 2.75) is 0 Å². The molecule has 0 saturated carbocycles. The van der Waals surface area contributed by atoms with Crippen LogP contribution in [-0.4, -0.2) is 11.1 Å². The molecule has 0 bridgehead atoms. The van der Waals surface area contributed by atoms with E-state index in [1.807, 2.05) is 0 Å². The van der Waals surface area contributed by atoms with Gasteiger partial charge in [-0.05, 0) is 5.56 Å². The van der Waals surface area contributed by atoms with E-state index < -0.39 is 5.97 Å². The van der Waals surface area contributed by atoms with Crippen molar-refractivity contribution in [2.75, 3.05) is 0 Å². The van der Waals surface area contributed by atoms with Crippen LogP contribution in [0.3, 0.4) is 0 Å². The van der Waals surface area contributed by atoms with Crippen LogP contribution in [0.2, 0.25) is 0 Å². The lowest BCUT2D eigenvalue weighted by molar-refractivity contribution is -0.130. The lowest BCUT2D eigenvalue weighted by Crippen LogP contribution is -1.98. The van der Waals surface area contributed by atoms with Gasteiger partial charge in [-0.15, -0.1) is 0 Å². The molecule has 0 atom stereocenters. The average Bonchev–Trinajstić information content (AvgIpc) is 2.07. The second kappa shape index (κ2) is 3.67. The predicted molar refractivity (Wildman–Crippen MR) is 43.2 cm³/mol. The average molecular weight is 166 g/mol. The fourth-order valence-corrected chi connectivity index (χ4v) is 0.851. The lowest BCUT2D eigenvalue weighted by Gasteiger charge is -1.97. The van der Waals surface area contributed by atoms with Crippen LogP contribution in [0.1, 0.15) is 5.56 Å². The fourth-order valence-electron chi connectivity index (χ4n) is 0.851. The smallest absolute Gasteiger partial charge is 0.338 e. The molecule has 1 N–H and O–H groups in total. The molecule has 62 valence electrons. The summed E-state index contributed by atoms with van der Waals surface area (Å²) in [6, 6.07) is 8.13. The summed E-state index contributed by atoms with van der Waals surface area (Å²) in [6.45, 7) is 0. The van der Waals surface area contributed by atoms with Gasteiger partial charge >= 0.3 is 5.97 Å². The molecular formula is C9H7FO2. The van der Waals surface area contributed by atoms with E-state index in [1.165, 1.54) is 0 Å². The number of carbonyl (C=O) groups is 1. The van der Waals surface area contributed by atoms with Crippen molar-refractivity contribution in [1.29, 1.82) is 0 Å². The van der Waals surface area contributed by atoms with E-state index in [2.05, 4.69) is 0 Å². The van der Waals surface area contributed by atoms with Crippen LogP contribution in [0.15, 0.2) is 36.7 Å². The summed E-state index contributed by atoms with van der Waals surface area (Å²) in [6.07, 6.45) is 0.0949. The Bertz CT molecular complexity index is 304. The number of carboxylic acid groups (broad SMARTS) is 1. The number of rotatable bonds is 2. The second-order valence-electron chi connectivity index (χ2n) is 2.19. The van der Waals surface area contributed by atoms with E-state index in [4.69, 9.17) is 5.11 Å². The largest absolute Gasteiger partial charge is 0.478 e. The van der Waals surface area contributed by atoms with Crippen LogP contribution in [0.25, 0.3) is 5.57 Å². The Labute approximate surface area is 69.0 Å². The molecule has 0 aromatic heterocycles. The highest BCUT2D eigenvalue weighted by molar-refractivity contribution is 6.14. The summed E-state index contributed by atoms with van der Waals surface area (Å²) in [5, 5.41) is 8.52. The van der Waals surface area contributed by atoms with Crippen molar-refractivity contribution in [3.63, 3.8) is 0 Å². The van der Waals surface area contributed by atoms with Gasteiger partial charge in [-0.25, -0.2) is 9.18 Å². The minimum absolute atomic E-state index is 0.0949. The number of carboxylic acids is 1. The van der Waals surface area contributed by atoms with Gasteiger partial charge in [0.25, 0.3) is 0 Å². The van der Waals surface area contributed by atoms with Gasteiger partial charge < -0.3 is 5.11 Å². The van der Waals surface area contributed by atoms with Crippen LogP contribution < -0.4 is 0 Å². The third-order valence-corrected chi connectivity index (χ3v) is 1.42. The maximum atomic E-state index is 12.1. The van der Waals surface area contributed by atoms with Crippen LogP contribution in [-0.2, 0) is 4.79 Å². The Morgan fingerprint density at radius 1 is 1.33 bits per heavy atom. The minimum Gasteiger partial charge on any atom is -0.478 e. The van der Waals surface area contributed by atoms with Crippen molar-refractivity contribution in [3.8, 4) is 0 Å². The molecule has 0 aliphatic heterocycles. The van der Waals surface area contributed by atoms with Gasteiger partial charge in [0, 0.05) is 0 Å². The summed E-state index contributed by atoms with van der Waals surface area (Å²) in [4.78, 5) is 10.4. The molecule has 3 heteroatoms. The Kier molecular flexibility index (Phi) is 2.58. The van der Waals surface area contributed by atoms with Gasteiger partial charge in [-0.3, -0.25) is 0 Å². The summed E-state index contributed by atoms with van der Waals surface area (Å²) < 4.78 is 12.1. The van der Waals surface area contributed by atoms with E-state index in [0.717, 1.165) is 0 Å². The first kappa shape index (κ1) is 8.46. The fraction of sp³-hybridized carbons (Fsp3) is 0. The van der Waals surface area contributed by atoms with Crippen molar-refractivity contribution in [3.05, 3.63) is 42.2 Å². The van der Waals surface area contributed by atoms with E-state index in [-0.39, 0.29) is 11.9 Å². The molecule has 0 unspecified atom stereocenters. The van der Waals surface area contributed by atoms with Crippen molar-refractivity contribution < 1.29 is 14.3 Å². The molecule has 0 radical (unpaired) electrons. The molecule has 12 heavy (non-hydrogen) atoms. The standard InChI is InChI=1S/C9H7FO2/c10-6-8(9(11)12)7-4-2-1-3-5-7/h1-6H,(H,11,12). The number of benzene rings is 1. The number of aliphatic carboxylic acids is 1. The lowest BCUT2D eigenvalue weighted by atomic mass is 10.1. The minimum atomic E-state index is -1.26. The van der Waals surface area contributed by atoms with Crippen LogP contribution in [0, 0.1) is 0 Å². The zero-order valence-corrected chi connectivity index (χ0v) is 6.20. The molecule has 0 spiro atoms. The molecule has 0 amide bonds. The number of halogens is 1. The summed E-state index contributed by atoms with van der Waals surface area (Å²) in [5.41, 5.74) is 0.0445. The highest BCUT2D eigenvalue weighted by Gasteiger charge is 2.08. The topological polar surface area (TPSA) is 37.3 Å². The number of hydrogen-bond acceptors (Lipinski definition) is 1. The maximum Gasteiger partial charge on any atom is 0.338 e. The maximum absolute atomic E-state index is 12.1. The first-order valence-corrected chi connectivity index (χ1v) is 3.35. The van der Waals surface area contributed by atoms with Crippen LogP contribution in [0.5, 0.6) is 0 Å². The Morgan fingerprint density at radius 2 is 1.92 bits per heavy atom. The molecule has 1 aromatic rings.